The molecule has 0 spiro atoms. The van der Waals surface area contributed by atoms with Crippen molar-refractivity contribution < 1.29 is 5.11 Å². The van der Waals surface area contributed by atoms with E-state index >= 15 is 0 Å². The third-order valence-corrected chi connectivity index (χ3v) is 3.33. The molecular weight excluding hydrogens is 246 g/mol. The fourth-order valence-electron chi connectivity index (χ4n) is 2.31. The number of hydrogen-bond acceptors (Lipinski definition) is 1. The van der Waals surface area contributed by atoms with E-state index in [0.29, 0.717) is 6.54 Å². The van der Waals surface area contributed by atoms with Crippen LogP contribution in [0.4, 0.5) is 0 Å². The highest BCUT2D eigenvalue weighted by Gasteiger charge is 2.03. The molecule has 0 aliphatic rings. The van der Waals surface area contributed by atoms with Crippen molar-refractivity contribution in [2.24, 2.45) is 0 Å². The van der Waals surface area contributed by atoms with Gasteiger partial charge < -0.3 is 9.67 Å². The monoisotopic (exact) mass is 261 g/mol. The first-order chi connectivity index (χ1) is 9.88. The number of aliphatic hydroxyl groups excluding tert-OH is 1. The maximum atomic E-state index is 9.33. The van der Waals surface area contributed by atoms with Crippen LogP contribution in [0, 0.1) is 11.8 Å². The number of nitrogens with zero attached hydrogens (tertiary/aromatic N) is 1. The van der Waals surface area contributed by atoms with Crippen LogP contribution in [0.15, 0.2) is 60.8 Å². The molecule has 0 atom stereocenters. The first kappa shape index (κ1) is 12.5. The van der Waals surface area contributed by atoms with Crippen LogP contribution in [0.5, 0.6) is 0 Å². The fourth-order valence-corrected chi connectivity index (χ4v) is 2.31. The van der Waals surface area contributed by atoms with Crippen molar-refractivity contribution in [3.8, 4) is 11.8 Å². The lowest BCUT2D eigenvalue weighted by atomic mass is 10.1. The molecule has 0 amide bonds. The molecule has 1 N–H and O–H groups in total. The van der Waals surface area contributed by atoms with E-state index in [9.17, 15) is 5.11 Å². The Morgan fingerprint density at radius 3 is 2.60 bits per heavy atom. The smallest absolute Gasteiger partial charge is 0.0841 e. The van der Waals surface area contributed by atoms with E-state index < -0.39 is 0 Å². The minimum Gasteiger partial charge on any atom is -0.392 e. The lowest BCUT2D eigenvalue weighted by molar-refractivity contribution is 0.283. The van der Waals surface area contributed by atoms with Gasteiger partial charge in [0.05, 0.1) is 13.2 Å². The Kier molecular flexibility index (Phi) is 3.54. The molecule has 1 aromatic heterocycles. The number of rotatable bonds is 2. The Morgan fingerprint density at radius 2 is 1.80 bits per heavy atom. The molecule has 0 bridgehead atoms. The van der Waals surface area contributed by atoms with Gasteiger partial charge in [-0.05, 0) is 29.8 Å². The molecule has 0 saturated carbocycles. The highest BCUT2D eigenvalue weighted by Crippen LogP contribution is 2.20. The largest absolute Gasteiger partial charge is 0.392 e. The number of fused-ring (bicyclic) bond motifs is 1. The summed E-state index contributed by atoms with van der Waals surface area (Å²) in [5.74, 6) is 6.34. The van der Waals surface area contributed by atoms with Crippen molar-refractivity contribution in [2.75, 3.05) is 0 Å². The second kappa shape index (κ2) is 5.64. The molecule has 0 radical (unpaired) electrons. The molecule has 2 heteroatoms. The minimum atomic E-state index is 0.0665. The Balaban J connectivity index is 1.88. The number of aliphatic hydroxyl groups is 1. The summed E-state index contributed by atoms with van der Waals surface area (Å²) in [6.45, 7) is 0.713. The molecule has 0 unspecified atom stereocenters. The van der Waals surface area contributed by atoms with Gasteiger partial charge in [0.15, 0.2) is 0 Å². The van der Waals surface area contributed by atoms with Gasteiger partial charge in [0.25, 0.3) is 0 Å². The third-order valence-electron chi connectivity index (χ3n) is 3.33. The van der Waals surface area contributed by atoms with Crippen LogP contribution in [0.25, 0.3) is 10.9 Å². The zero-order valence-corrected chi connectivity index (χ0v) is 11.1. The lowest BCUT2D eigenvalue weighted by Gasteiger charge is -2.02. The van der Waals surface area contributed by atoms with E-state index in [2.05, 4.69) is 22.5 Å². The van der Waals surface area contributed by atoms with Crippen LogP contribution >= 0.6 is 0 Å². The summed E-state index contributed by atoms with van der Waals surface area (Å²) in [5.41, 5.74) is 3.09. The molecule has 0 aliphatic carbocycles. The molecule has 20 heavy (non-hydrogen) atoms. The van der Waals surface area contributed by atoms with Crippen LogP contribution in [-0.4, -0.2) is 9.67 Å². The molecule has 0 saturated heterocycles. The Morgan fingerprint density at radius 1 is 0.950 bits per heavy atom. The SMILES string of the molecule is OCc1cccc2c1ccn2CC#Cc1ccccc1. The summed E-state index contributed by atoms with van der Waals surface area (Å²) in [5, 5.41) is 10.4. The van der Waals surface area contributed by atoms with Gasteiger partial charge in [-0.1, -0.05) is 42.2 Å². The predicted molar refractivity (Wildman–Crippen MR) is 81.2 cm³/mol. The Bertz CT molecular complexity index is 775. The van der Waals surface area contributed by atoms with Crippen LogP contribution < -0.4 is 0 Å². The van der Waals surface area contributed by atoms with Gasteiger partial charge in [0.1, 0.15) is 0 Å². The second-order valence-electron chi connectivity index (χ2n) is 4.62. The third kappa shape index (κ3) is 2.45. The second-order valence-corrected chi connectivity index (χ2v) is 4.62. The zero-order chi connectivity index (χ0) is 13.8. The number of benzene rings is 2. The fraction of sp³-hybridized carbons (Fsp3) is 0.111. The van der Waals surface area contributed by atoms with Crippen molar-refractivity contribution in [3.05, 3.63) is 71.9 Å². The summed E-state index contributed by atoms with van der Waals surface area (Å²) in [7, 11) is 0. The number of aromatic nitrogens is 1. The van der Waals surface area contributed by atoms with Gasteiger partial charge in [-0.25, -0.2) is 0 Å². The van der Waals surface area contributed by atoms with Crippen LogP contribution in [0.2, 0.25) is 0 Å². The number of hydrogen-bond donors (Lipinski definition) is 1. The molecule has 2 nitrogen and oxygen atoms in total. The maximum absolute atomic E-state index is 9.33. The molecule has 3 rings (SSSR count). The minimum absolute atomic E-state index is 0.0665. The van der Waals surface area contributed by atoms with E-state index in [4.69, 9.17) is 0 Å². The quantitative estimate of drug-likeness (QED) is 0.704. The maximum Gasteiger partial charge on any atom is 0.0841 e. The van der Waals surface area contributed by atoms with Crippen molar-refractivity contribution in [1.82, 2.24) is 4.57 Å². The van der Waals surface area contributed by atoms with Crippen molar-refractivity contribution >= 4 is 10.9 Å². The molecule has 98 valence electrons. The van der Waals surface area contributed by atoms with E-state index in [1.165, 1.54) is 0 Å². The highest BCUT2D eigenvalue weighted by atomic mass is 16.3. The van der Waals surface area contributed by atoms with E-state index in [0.717, 1.165) is 22.0 Å². The predicted octanol–water partition coefficient (Wildman–Crippen LogP) is 3.19. The van der Waals surface area contributed by atoms with Gasteiger partial charge in [-0.2, -0.15) is 0 Å². The van der Waals surface area contributed by atoms with Gasteiger partial charge >= 0.3 is 0 Å². The van der Waals surface area contributed by atoms with Crippen molar-refractivity contribution in [3.63, 3.8) is 0 Å². The first-order valence-electron chi connectivity index (χ1n) is 6.60. The molecule has 1 heterocycles. The van der Waals surface area contributed by atoms with Crippen LogP contribution in [-0.2, 0) is 13.2 Å². The Hall–Kier alpha value is -2.50. The highest BCUT2D eigenvalue weighted by molar-refractivity contribution is 5.83. The molecular formula is C18H15NO. The van der Waals surface area contributed by atoms with Gasteiger partial charge in [-0.3, -0.25) is 0 Å². The van der Waals surface area contributed by atoms with E-state index in [1.807, 2.05) is 54.7 Å². The standard InChI is InChI=1S/C18H15NO/c20-14-16-9-4-10-18-17(16)11-13-19(18)12-5-8-15-6-2-1-3-7-15/h1-4,6-7,9-11,13,20H,12,14H2. The van der Waals surface area contributed by atoms with E-state index in [1.54, 1.807) is 0 Å². The van der Waals surface area contributed by atoms with Gasteiger partial charge in [0.2, 0.25) is 0 Å². The molecule has 0 aliphatic heterocycles. The average Bonchev–Trinajstić information content (AvgIpc) is 2.92. The lowest BCUT2D eigenvalue weighted by Crippen LogP contribution is -1.93. The Labute approximate surface area is 118 Å². The summed E-state index contributed by atoms with van der Waals surface area (Å²) >= 11 is 0. The average molecular weight is 261 g/mol. The van der Waals surface area contributed by atoms with Crippen molar-refractivity contribution in [2.45, 2.75) is 13.2 Å². The van der Waals surface area contributed by atoms with Crippen molar-refractivity contribution in [1.29, 1.82) is 0 Å². The summed E-state index contributed by atoms with van der Waals surface area (Å²) in [6.07, 6.45) is 2.02. The normalized spacial score (nSPS) is 10.2. The van der Waals surface area contributed by atoms with Gasteiger partial charge in [-0.15, -0.1) is 0 Å². The summed E-state index contributed by atoms with van der Waals surface area (Å²) < 4.78 is 2.10. The zero-order valence-electron chi connectivity index (χ0n) is 11.1. The molecule has 3 aromatic rings. The topological polar surface area (TPSA) is 25.2 Å². The van der Waals surface area contributed by atoms with Crippen LogP contribution in [0.3, 0.4) is 0 Å². The summed E-state index contributed by atoms with van der Waals surface area (Å²) in [4.78, 5) is 0. The van der Waals surface area contributed by atoms with Gasteiger partial charge in [0, 0.05) is 22.7 Å². The van der Waals surface area contributed by atoms with Crippen LogP contribution in [0.1, 0.15) is 11.1 Å². The first-order valence-corrected chi connectivity index (χ1v) is 6.60. The summed E-state index contributed by atoms with van der Waals surface area (Å²) in [6, 6.07) is 18.0. The molecule has 0 fully saturated rings. The van der Waals surface area contributed by atoms with E-state index in [-0.39, 0.29) is 6.61 Å². The molecule has 2 aromatic carbocycles.